The average molecular weight is 341 g/mol. The molecule has 2 aromatic heterocycles. The van der Waals surface area contributed by atoms with Crippen molar-refractivity contribution >= 4 is 11.6 Å². The molecule has 26 heavy (non-hydrogen) atoms. The zero-order chi connectivity index (χ0) is 17.5. The molecule has 0 amide bonds. The molecule has 3 heterocycles. The van der Waals surface area contributed by atoms with Gasteiger partial charge in [-0.05, 0) is 24.5 Å². The Morgan fingerprint density at radius 2 is 1.65 bits per heavy atom. The number of hydrogen-bond acceptors (Lipinski definition) is 4. The van der Waals surface area contributed by atoms with Crippen molar-refractivity contribution in [2.45, 2.75) is 19.9 Å². The maximum absolute atomic E-state index is 4.76. The third kappa shape index (κ3) is 2.52. The van der Waals surface area contributed by atoms with Crippen molar-refractivity contribution in [1.29, 1.82) is 0 Å². The number of aromatic nitrogens is 4. The lowest BCUT2D eigenvalue weighted by molar-refractivity contribution is 0.702. The first-order chi connectivity index (χ1) is 12.8. The molecular weight excluding hydrogens is 322 g/mol. The fraction of sp³-hybridized carbons (Fsp3) is 0.190. The summed E-state index contributed by atoms with van der Waals surface area (Å²) in [6.45, 7) is 3.86. The monoisotopic (exact) mass is 341 g/mol. The van der Waals surface area contributed by atoms with Gasteiger partial charge in [0.05, 0.1) is 0 Å². The molecule has 0 atom stereocenters. The van der Waals surface area contributed by atoms with E-state index >= 15 is 0 Å². The van der Waals surface area contributed by atoms with E-state index in [9.17, 15) is 0 Å². The maximum atomic E-state index is 4.76. The third-order valence-electron chi connectivity index (χ3n) is 4.91. The minimum atomic E-state index is 0.651. The van der Waals surface area contributed by atoms with Gasteiger partial charge in [0.2, 0.25) is 0 Å². The first kappa shape index (κ1) is 15.1. The van der Waals surface area contributed by atoms with Crippen LogP contribution in [0.25, 0.3) is 17.2 Å². The molecule has 5 nitrogen and oxygen atoms in total. The number of fused-ring (bicyclic) bond motifs is 2. The second kappa shape index (κ2) is 5.95. The van der Waals surface area contributed by atoms with Gasteiger partial charge in [-0.25, -0.2) is 4.98 Å². The van der Waals surface area contributed by atoms with Crippen LogP contribution in [0, 0.1) is 6.92 Å². The highest BCUT2D eigenvalue weighted by atomic mass is 15.4. The van der Waals surface area contributed by atoms with E-state index in [0.29, 0.717) is 11.6 Å². The number of nitrogens with zero attached hydrogens (tertiary/aromatic N) is 5. The van der Waals surface area contributed by atoms with Crippen LogP contribution in [0.5, 0.6) is 0 Å². The quantitative estimate of drug-likeness (QED) is 0.558. The van der Waals surface area contributed by atoms with Crippen molar-refractivity contribution in [3.8, 4) is 11.4 Å². The van der Waals surface area contributed by atoms with Crippen LogP contribution in [0.2, 0.25) is 0 Å². The molecule has 5 heteroatoms. The summed E-state index contributed by atoms with van der Waals surface area (Å²) in [5.74, 6) is 2.41. The molecule has 2 aromatic carbocycles. The number of anilines is 1. The van der Waals surface area contributed by atoms with Gasteiger partial charge in [-0.1, -0.05) is 54.6 Å². The molecule has 1 aliphatic rings. The van der Waals surface area contributed by atoms with Crippen molar-refractivity contribution in [2.75, 3.05) is 11.4 Å². The maximum Gasteiger partial charge on any atom is 0.254 e. The number of benzene rings is 2. The van der Waals surface area contributed by atoms with Gasteiger partial charge in [0.25, 0.3) is 5.78 Å². The van der Waals surface area contributed by atoms with Crippen molar-refractivity contribution < 1.29 is 0 Å². The largest absolute Gasteiger partial charge is 0.352 e. The molecular formula is C21H19N5. The van der Waals surface area contributed by atoms with Crippen LogP contribution in [-0.4, -0.2) is 26.1 Å². The molecule has 0 saturated carbocycles. The summed E-state index contributed by atoms with van der Waals surface area (Å²) in [5.41, 5.74) is 4.78. The molecule has 0 bridgehead atoms. The summed E-state index contributed by atoms with van der Waals surface area (Å²) in [6.07, 6.45) is 1.04. The Labute approximate surface area is 152 Å². The zero-order valence-corrected chi connectivity index (χ0v) is 14.6. The van der Waals surface area contributed by atoms with Gasteiger partial charge in [0.1, 0.15) is 5.82 Å². The minimum absolute atomic E-state index is 0.651. The molecule has 0 spiro atoms. The van der Waals surface area contributed by atoms with E-state index in [1.165, 1.54) is 11.1 Å². The summed E-state index contributed by atoms with van der Waals surface area (Å²) in [5, 5.41) is 4.76. The molecule has 1 aliphatic heterocycles. The molecule has 0 N–H and O–H groups in total. The summed E-state index contributed by atoms with van der Waals surface area (Å²) in [6, 6.07) is 20.8. The van der Waals surface area contributed by atoms with Crippen molar-refractivity contribution in [2.24, 2.45) is 0 Å². The smallest absolute Gasteiger partial charge is 0.254 e. The molecule has 0 unspecified atom stereocenters. The van der Waals surface area contributed by atoms with E-state index in [1.807, 2.05) is 41.8 Å². The predicted octanol–water partition coefficient (Wildman–Crippen LogP) is 3.66. The summed E-state index contributed by atoms with van der Waals surface area (Å²) < 4.78 is 1.88. The fourth-order valence-electron chi connectivity index (χ4n) is 3.59. The Morgan fingerprint density at radius 1 is 0.885 bits per heavy atom. The van der Waals surface area contributed by atoms with Crippen molar-refractivity contribution in [3.63, 3.8) is 0 Å². The predicted molar refractivity (Wildman–Crippen MR) is 102 cm³/mol. The second-order valence-corrected chi connectivity index (χ2v) is 6.71. The van der Waals surface area contributed by atoms with Crippen LogP contribution in [0.3, 0.4) is 0 Å². The van der Waals surface area contributed by atoms with Crippen LogP contribution in [0.1, 0.15) is 16.8 Å². The standard InChI is InChI=1S/C21H19N5/c1-15-13-19(25-12-11-16-7-5-6-10-18(16)14-25)26-21(22-15)23-20(24-26)17-8-3-2-4-9-17/h2-10,13H,11-12,14H2,1H3. The van der Waals surface area contributed by atoms with E-state index in [2.05, 4.69) is 45.2 Å². The van der Waals surface area contributed by atoms with E-state index in [4.69, 9.17) is 5.10 Å². The summed E-state index contributed by atoms with van der Waals surface area (Å²) >= 11 is 0. The first-order valence-corrected chi connectivity index (χ1v) is 8.89. The van der Waals surface area contributed by atoms with Crippen LogP contribution in [0.4, 0.5) is 5.82 Å². The van der Waals surface area contributed by atoms with Gasteiger partial charge in [-0.3, -0.25) is 0 Å². The number of rotatable bonds is 2. The third-order valence-corrected chi connectivity index (χ3v) is 4.91. The van der Waals surface area contributed by atoms with Crippen LogP contribution < -0.4 is 4.90 Å². The van der Waals surface area contributed by atoms with Crippen molar-refractivity contribution in [1.82, 2.24) is 19.6 Å². The van der Waals surface area contributed by atoms with Gasteiger partial charge < -0.3 is 4.90 Å². The lowest BCUT2D eigenvalue weighted by atomic mass is 10.00. The molecule has 0 radical (unpaired) electrons. The zero-order valence-electron chi connectivity index (χ0n) is 14.6. The van der Waals surface area contributed by atoms with Crippen LogP contribution in [-0.2, 0) is 13.0 Å². The van der Waals surface area contributed by atoms with Crippen LogP contribution in [0.15, 0.2) is 60.7 Å². The number of hydrogen-bond donors (Lipinski definition) is 0. The summed E-state index contributed by atoms with van der Waals surface area (Å²) in [7, 11) is 0. The molecule has 4 aromatic rings. The SMILES string of the molecule is Cc1cc(N2CCc3ccccc3C2)n2nc(-c3ccccc3)nc2n1. The van der Waals surface area contributed by atoms with Gasteiger partial charge in [0, 0.05) is 30.4 Å². The second-order valence-electron chi connectivity index (χ2n) is 6.71. The highest BCUT2D eigenvalue weighted by molar-refractivity contribution is 5.59. The lowest BCUT2D eigenvalue weighted by Gasteiger charge is -2.30. The normalized spacial score (nSPS) is 13.8. The van der Waals surface area contributed by atoms with Crippen LogP contribution >= 0.6 is 0 Å². The highest BCUT2D eigenvalue weighted by Crippen LogP contribution is 2.26. The van der Waals surface area contributed by atoms with Gasteiger partial charge in [-0.2, -0.15) is 9.50 Å². The molecule has 128 valence electrons. The highest BCUT2D eigenvalue weighted by Gasteiger charge is 2.20. The lowest BCUT2D eigenvalue weighted by Crippen LogP contribution is -2.32. The van der Waals surface area contributed by atoms with E-state index in [1.54, 1.807) is 0 Å². The molecule has 0 aliphatic carbocycles. The molecule has 0 fully saturated rings. The Hall–Kier alpha value is -3.21. The Morgan fingerprint density at radius 3 is 2.50 bits per heavy atom. The Kier molecular flexibility index (Phi) is 3.45. The minimum Gasteiger partial charge on any atom is -0.352 e. The average Bonchev–Trinajstić information content (AvgIpc) is 3.11. The summed E-state index contributed by atoms with van der Waals surface area (Å²) in [4.78, 5) is 11.6. The number of aryl methyl sites for hydroxylation is 1. The molecule has 5 rings (SSSR count). The van der Waals surface area contributed by atoms with Gasteiger partial charge in [0.15, 0.2) is 5.82 Å². The Balaban J connectivity index is 1.61. The van der Waals surface area contributed by atoms with Gasteiger partial charge >= 0.3 is 0 Å². The van der Waals surface area contributed by atoms with E-state index in [0.717, 1.165) is 36.6 Å². The van der Waals surface area contributed by atoms with E-state index < -0.39 is 0 Å². The Bertz CT molecular complexity index is 1080. The first-order valence-electron chi connectivity index (χ1n) is 8.89. The fourth-order valence-corrected chi connectivity index (χ4v) is 3.59. The van der Waals surface area contributed by atoms with Gasteiger partial charge in [-0.15, -0.1) is 5.10 Å². The topological polar surface area (TPSA) is 46.3 Å². The molecule has 0 saturated heterocycles. The van der Waals surface area contributed by atoms with E-state index in [-0.39, 0.29) is 0 Å². The van der Waals surface area contributed by atoms with Crippen molar-refractivity contribution in [3.05, 3.63) is 77.5 Å².